The molecule has 1 aliphatic carbocycles. The Morgan fingerprint density at radius 2 is 1.77 bits per heavy atom. The van der Waals surface area contributed by atoms with Gasteiger partial charge in [0.1, 0.15) is 0 Å². The molecule has 1 amide bonds. The molecule has 1 aliphatic heterocycles. The van der Waals surface area contributed by atoms with Gasteiger partial charge in [-0.3, -0.25) is 4.79 Å². The van der Waals surface area contributed by atoms with Crippen molar-refractivity contribution in [3.05, 3.63) is 28.8 Å². The minimum atomic E-state index is -3.59. The zero-order valence-electron chi connectivity index (χ0n) is 14.7. The van der Waals surface area contributed by atoms with E-state index in [4.69, 9.17) is 11.6 Å². The van der Waals surface area contributed by atoms with Crippen LogP contribution in [0, 0.1) is 0 Å². The molecule has 8 heteroatoms. The Kier molecular flexibility index (Phi) is 6.88. The van der Waals surface area contributed by atoms with Gasteiger partial charge in [0.25, 0.3) is 5.91 Å². The number of carbonyl (C=O) groups is 1. The maximum absolute atomic E-state index is 12.9. The van der Waals surface area contributed by atoms with Crippen LogP contribution in [0.1, 0.15) is 48.9 Å². The van der Waals surface area contributed by atoms with Crippen LogP contribution in [-0.2, 0) is 10.0 Å². The first-order valence-corrected chi connectivity index (χ1v) is 12.1. The largest absolute Gasteiger partial charge is 0.349 e. The Morgan fingerprint density at radius 3 is 2.42 bits per heavy atom. The summed E-state index contributed by atoms with van der Waals surface area (Å²) in [6.07, 6.45) is 6.56. The van der Waals surface area contributed by atoms with E-state index < -0.39 is 10.0 Å². The van der Waals surface area contributed by atoms with Crippen LogP contribution >= 0.6 is 23.4 Å². The van der Waals surface area contributed by atoms with E-state index in [1.165, 1.54) is 35.3 Å². The Morgan fingerprint density at radius 1 is 1.12 bits per heavy atom. The molecule has 1 N–H and O–H groups in total. The van der Waals surface area contributed by atoms with Gasteiger partial charge in [0.15, 0.2) is 0 Å². The van der Waals surface area contributed by atoms with E-state index in [0.717, 1.165) is 37.2 Å². The van der Waals surface area contributed by atoms with Gasteiger partial charge in [-0.05, 0) is 31.0 Å². The van der Waals surface area contributed by atoms with Crippen molar-refractivity contribution >= 4 is 39.3 Å². The van der Waals surface area contributed by atoms with Gasteiger partial charge in [0.2, 0.25) is 10.0 Å². The quantitative estimate of drug-likeness (QED) is 0.762. The third-order valence-corrected chi connectivity index (χ3v) is 8.15. The van der Waals surface area contributed by atoms with Crippen molar-refractivity contribution in [2.45, 2.75) is 49.5 Å². The Hall–Kier alpha value is -0.760. The van der Waals surface area contributed by atoms with Crippen LogP contribution in [0.25, 0.3) is 0 Å². The smallest absolute Gasteiger partial charge is 0.253 e. The van der Waals surface area contributed by atoms with Crippen molar-refractivity contribution in [3.63, 3.8) is 0 Å². The molecule has 1 saturated carbocycles. The first-order valence-electron chi connectivity index (χ1n) is 9.17. The number of halogens is 1. The molecule has 0 bridgehead atoms. The van der Waals surface area contributed by atoms with Gasteiger partial charge in [0, 0.05) is 30.6 Å². The number of rotatable bonds is 4. The van der Waals surface area contributed by atoms with E-state index in [2.05, 4.69) is 5.32 Å². The Labute approximate surface area is 164 Å². The second kappa shape index (κ2) is 8.95. The van der Waals surface area contributed by atoms with Gasteiger partial charge < -0.3 is 5.32 Å². The van der Waals surface area contributed by atoms with E-state index in [1.54, 1.807) is 11.8 Å². The van der Waals surface area contributed by atoms with Crippen molar-refractivity contribution in [2.75, 3.05) is 24.6 Å². The molecule has 144 valence electrons. The molecule has 0 atom stereocenters. The molecule has 0 unspecified atom stereocenters. The summed E-state index contributed by atoms with van der Waals surface area (Å²) in [6, 6.07) is 4.56. The minimum absolute atomic E-state index is 0.139. The predicted octanol–water partition coefficient (Wildman–Crippen LogP) is 3.53. The molecule has 0 aromatic heterocycles. The van der Waals surface area contributed by atoms with Crippen molar-refractivity contribution < 1.29 is 13.2 Å². The lowest BCUT2D eigenvalue weighted by Gasteiger charge is -2.26. The standard InChI is InChI=1S/C18H25ClN2O3S2/c19-17-8-7-15(26(23,24)21-9-11-25-12-10-21)13-16(17)18(22)20-14-5-3-1-2-4-6-14/h7-8,13-14H,1-6,9-12H2,(H,20,22). The lowest BCUT2D eigenvalue weighted by atomic mass is 10.1. The van der Waals surface area contributed by atoms with E-state index in [9.17, 15) is 13.2 Å². The maximum atomic E-state index is 12.9. The van der Waals surface area contributed by atoms with Crippen molar-refractivity contribution in [2.24, 2.45) is 0 Å². The molecule has 1 aromatic carbocycles. The van der Waals surface area contributed by atoms with Crippen LogP contribution in [-0.4, -0.2) is 49.3 Å². The molecule has 1 heterocycles. The number of carbonyl (C=O) groups excluding carboxylic acids is 1. The van der Waals surface area contributed by atoms with Crippen LogP contribution in [0.5, 0.6) is 0 Å². The number of thioether (sulfide) groups is 1. The third-order valence-electron chi connectivity index (χ3n) is 4.98. The zero-order valence-corrected chi connectivity index (χ0v) is 17.1. The molecule has 2 fully saturated rings. The molecule has 1 saturated heterocycles. The van der Waals surface area contributed by atoms with E-state index in [-0.39, 0.29) is 27.4 Å². The highest BCUT2D eigenvalue weighted by atomic mass is 35.5. The van der Waals surface area contributed by atoms with Crippen LogP contribution < -0.4 is 5.32 Å². The summed E-state index contributed by atoms with van der Waals surface area (Å²) in [5.41, 5.74) is 0.239. The van der Waals surface area contributed by atoms with E-state index in [0.29, 0.717) is 13.1 Å². The van der Waals surface area contributed by atoms with Crippen LogP contribution in [0.15, 0.2) is 23.1 Å². The van der Waals surface area contributed by atoms with Crippen LogP contribution in [0.2, 0.25) is 5.02 Å². The number of hydrogen-bond donors (Lipinski definition) is 1. The van der Waals surface area contributed by atoms with Gasteiger partial charge in [-0.15, -0.1) is 0 Å². The molecule has 5 nitrogen and oxygen atoms in total. The summed E-state index contributed by atoms with van der Waals surface area (Å²) >= 11 is 7.95. The molecular formula is C18H25ClN2O3S2. The van der Waals surface area contributed by atoms with Gasteiger partial charge in [-0.2, -0.15) is 16.1 Å². The maximum Gasteiger partial charge on any atom is 0.253 e. The van der Waals surface area contributed by atoms with E-state index >= 15 is 0 Å². The molecule has 0 radical (unpaired) electrons. The zero-order chi connectivity index (χ0) is 18.6. The topological polar surface area (TPSA) is 66.5 Å². The normalized spacial score (nSPS) is 20.5. The summed E-state index contributed by atoms with van der Waals surface area (Å²) in [5, 5.41) is 3.32. The lowest BCUT2D eigenvalue weighted by Crippen LogP contribution is -2.38. The summed E-state index contributed by atoms with van der Waals surface area (Å²) in [7, 11) is -3.59. The van der Waals surface area contributed by atoms with Crippen LogP contribution in [0.3, 0.4) is 0 Å². The highest BCUT2D eigenvalue weighted by molar-refractivity contribution is 7.99. The average molecular weight is 417 g/mol. The average Bonchev–Trinajstić information content (AvgIpc) is 2.91. The highest BCUT2D eigenvalue weighted by Gasteiger charge is 2.28. The van der Waals surface area contributed by atoms with Crippen molar-refractivity contribution in [1.29, 1.82) is 0 Å². The number of sulfonamides is 1. The van der Waals surface area contributed by atoms with Crippen molar-refractivity contribution in [3.8, 4) is 0 Å². The summed E-state index contributed by atoms with van der Waals surface area (Å²) in [4.78, 5) is 12.8. The monoisotopic (exact) mass is 416 g/mol. The second-order valence-electron chi connectivity index (χ2n) is 6.82. The van der Waals surface area contributed by atoms with Gasteiger partial charge in [0.05, 0.1) is 15.5 Å². The summed E-state index contributed by atoms with van der Waals surface area (Å²) in [5.74, 6) is 1.30. The Balaban J connectivity index is 1.79. The van der Waals surface area contributed by atoms with Gasteiger partial charge >= 0.3 is 0 Å². The number of nitrogens with one attached hydrogen (secondary N) is 1. The molecule has 26 heavy (non-hydrogen) atoms. The fourth-order valence-electron chi connectivity index (χ4n) is 3.46. The lowest BCUT2D eigenvalue weighted by molar-refractivity contribution is 0.0933. The summed E-state index contributed by atoms with van der Waals surface area (Å²) in [6.45, 7) is 0.998. The minimum Gasteiger partial charge on any atom is -0.349 e. The molecule has 1 aromatic rings. The number of nitrogens with zero attached hydrogens (tertiary/aromatic N) is 1. The summed E-state index contributed by atoms with van der Waals surface area (Å²) < 4.78 is 27.2. The number of benzene rings is 1. The third kappa shape index (κ3) is 4.74. The fourth-order valence-corrected chi connectivity index (χ4v) is 6.27. The number of amides is 1. The highest BCUT2D eigenvalue weighted by Crippen LogP contribution is 2.25. The van der Waals surface area contributed by atoms with Crippen LogP contribution in [0.4, 0.5) is 0 Å². The fraction of sp³-hybridized carbons (Fsp3) is 0.611. The Bertz CT molecular complexity index is 741. The second-order valence-corrected chi connectivity index (χ2v) is 10.4. The molecule has 2 aliphatic rings. The predicted molar refractivity (Wildman–Crippen MR) is 106 cm³/mol. The molecule has 0 spiro atoms. The number of hydrogen-bond acceptors (Lipinski definition) is 4. The van der Waals surface area contributed by atoms with E-state index in [1.807, 2.05) is 0 Å². The van der Waals surface area contributed by atoms with Crippen molar-refractivity contribution in [1.82, 2.24) is 9.62 Å². The van der Waals surface area contributed by atoms with Gasteiger partial charge in [-0.25, -0.2) is 8.42 Å². The first kappa shape index (κ1) is 20.0. The first-order chi connectivity index (χ1) is 12.5. The molecular weight excluding hydrogens is 392 g/mol. The molecule has 3 rings (SSSR count). The SMILES string of the molecule is O=C(NC1CCCCCC1)c1cc(S(=O)(=O)N2CCSCC2)ccc1Cl. The van der Waals surface area contributed by atoms with Gasteiger partial charge in [-0.1, -0.05) is 37.3 Å².